The molecule has 3 aliphatic rings. The van der Waals surface area contributed by atoms with Crippen LogP contribution in [0, 0.1) is 5.92 Å². The summed E-state index contributed by atoms with van der Waals surface area (Å²) in [6.07, 6.45) is -0.187. The lowest BCUT2D eigenvalue weighted by Gasteiger charge is -2.44. The number of fused-ring (bicyclic) bond motifs is 1. The second-order valence-corrected chi connectivity index (χ2v) is 9.65. The largest absolute Gasteiger partial charge is 0.480 e. The molecule has 3 fully saturated rings. The first kappa shape index (κ1) is 17.2. The summed E-state index contributed by atoms with van der Waals surface area (Å²) >= 11 is 0. The highest BCUT2D eigenvalue weighted by molar-refractivity contribution is 7.93. The van der Waals surface area contributed by atoms with Crippen molar-refractivity contribution in [1.29, 1.82) is 0 Å². The summed E-state index contributed by atoms with van der Waals surface area (Å²) < 4.78 is 23.7. The molecule has 0 aliphatic carbocycles. The van der Waals surface area contributed by atoms with Crippen LogP contribution in [-0.4, -0.2) is 81.6 Å². The smallest absolute Gasteiger partial charge is 0.328 e. The Morgan fingerprint density at radius 3 is 2.29 bits per heavy atom. The van der Waals surface area contributed by atoms with E-state index in [1.54, 1.807) is 0 Å². The number of carbonyl (C=O) groups excluding carboxylic acids is 2. The zero-order valence-electron chi connectivity index (χ0n) is 13.4. The standard InChI is InChI=1S/C14H20N2O7S/c1-14(2)9(13(20)21)16-10(18)7(12(16)24(14,22)23)8(17)11(19)15-5-3-4-6-15/h7-9,12,17H,3-6H2,1-2H3,(H,20,21)/t7-,8-,9+,12-/m1/s1. The van der Waals surface area contributed by atoms with Crippen LogP contribution >= 0.6 is 0 Å². The lowest BCUT2D eigenvalue weighted by molar-refractivity contribution is -0.173. The number of rotatable bonds is 3. The van der Waals surface area contributed by atoms with Crippen molar-refractivity contribution in [3.8, 4) is 0 Å². The topological polar surface area (TPSA) is 132 Å². The van der Waals surface area contributed by atoms with Gasteiger partial charge in [0.1, 0.15) is 23.4 Å². The van der Waals surface area contributed by atoms with Crippen LogP contribution in [0.15, 0.2) is 0 Å². The molecule has 3 heterocycles. The van der Waals surface area contributed by atoms with Crippen molar-refractivity contribution in [1.82, 2.24) is 9.80 Å². The molecule has 0 aromatic rings. The molecule has 4 atom stereocenters. The molecule has 3 saturated heterocycles. The number of sulfone groups is 1. The molecule has 0 aromatic carbocycles. The van der Waals surface area contributed by atoms with Gasteiger partial charge in [-0.3, -0.25) is 9.59 Å². The van der Waals surface area contributed by atoms with Gasteiger partial charge in [-0.2, -0.15) is 0 Å². The molecular weight excluding hydrogens is 340 g/mol. The summed E-state index contributed by atoms with van der Waals surface area (Å²) in [5, 5.41) is 18.2. The van der Waals surface area contributed by atoms with E-state index >= 15 is 0 Å². The predicted octanol–water partition coefficient (Wildman–Crippen LogP) is -1.59. The van der Waals surface area contributed by atoms with E-state index in [1.807, 2.05) is 0 Å². The second kappa shape index (κ2) is 5.16. The van der Waals surface area contributed by atoms with Crippen LogP contribution in [0.4, 0.5) is 0 Å². The summed E-state index contributed by atoms with van der Waals surface area (Å²) in [7, 11) is -4.05. The molecule has 9 nitrogen and oxygen atoms in total. The normalized spacial score (nSPS) is 34.6. The molecule has 0 radical (unpaired) electrons. The second-order valence-electron chi connectivity index (χ2n) is 7.03. The SMILES string of the molecule is CC1(C)[C@H](C(=O)O)N2C(=O)[C@@H]([C@@H](O)C(=O)N3CCCC3)[C@H]2S1(=O)=O. The third-order valence-electron chi connectivity index (χ3n) is 5.35. The number of carbonyl (C=O) groups is 3. The Bertz CT molecular complexity index is 711. The van der Waals surface area contributed by atoms with Crippen LogP contribution in [0.3, 0.4) is 0 Å². The number of likely N-dealkylation sites (tertiary alicyclic amines) is 1. The predicted molar refractivity (Wildman–Crippen MR) is 80.4 cm³/mol. The van der Waals surface area contributed by atoms with Crippen LogP contribution in [0.2, 0.25) is 0 Å². The molecule has 24 heavy (non-hydrogen) atoms. The van der Waals surface area contributed by atoms with Crippen molar-refractivity contribution in [2.75, 3.05) is 13.1 Å². The number of hydrogen-bond donors (Lipinski definition) is 2. The van der Waals surface area contributed by atoms with Crippen molar-refractivity contribution in [3.63, 3.8) is 0 Å². The third kappa shape index (κ3) is 1.95. The van der Waals surface area contributed by atoms with Gasteiger partial charge in [-0.05, 0) is 26.7 Å². The lowest BCUT2D eigenvalue weighted by Crippen LogP contribution is -2.68. The summed E-state index contributed by atoms with van der Waals surface area (Å²) in [5.41, 5.74) is 0. The molecule has 3 aliphatic heterocycles. The van der Waals surface area contributed by atoms with Gasteiger partial charge in [-0.1, -0.05) is 0 Å². The number of aliphatic hydroxyl groups excluding tert-OH is 1. The monoisotopic (exact) mass is 360 g/mol. The highest BCUT2D eigenvalue weighted by atomic mass is 32.2. The van der Waals surface area contributed by atoms with Gasteiger partial charge in [0, 0.05) is 13.1 Å². The molecule has 0 bridgehead atoms. The average molecular weight is 360 g/mol. The maximum atomic E-state index is 12.7. The summed E-state index contributed by atoms with van der Waals surface area (Å²) in [6, 6.07) is -1.52. The zero-order valence-corrected chi connectivity index (χ0v) is 14.2. The van der Waals surface area contributed by atoms with Crippen molar-refractivity contribution < 1.29 is 33.0 Å². The molecule has 3 rings (SSSR count). The molecule has 0 spiro atoms. The number of β-lactam (4-membered cyclic amide) rings is 1. The fourth-order valence-corrected chi connectivity index (χ4v) is 6.24. The van der Waals surface area contributed by atoms with Crippen molar-refractivity contribution >= 4 is 27.6 Å². The first-order valence-corrected chi connectivity index (χ1v) is 9.33. The molecule has 2 amide bonds. The third-order valence-corrected chi connectivity index (χ3v) is 8.20. The van der Waals surface area contributed by atoms with Crippen LogP contribution in [0.1, 0.15) is 26.7 Å². The van der Waals surface area contributed by atoms with Gasteiger partial charge in [0.05, 0.1) is 4.75 Å². The van der Waals surface area contributed by atoms with E-state index in [0.29, 0.717) is 13.1 Å². The first-order valence-electron chi connectivity index (χ1n) is 7.78. The van der Waals surface area contributed by atoms with Crippen LogP contribution in [0.5, 0.6) is 0 Å². The number of nitrogens with zero attached hydrogens (tertiary/aromatic N) is 2. The van der Waals surface area contributed by atoms with Gasteiger partial charge in [0.25, 0.3) is 5.91 Å². The van der Waals surface area contributed by atoms with Gasteiger partial charge in [-0.25, -0.2) is 13.2 Å². The van der Waals surface area contributed by atoms with Gasteiger partial charge in [0.15, 0.2) is 9.84 Å². The van der Waals surface area contributed by atoms with Crippen molar-refractivity contribution in [2.24, 2.45) is 5.92 Å². The minimum atomic E-state index is -4.05. The number of carboxylic acid groups (broad SMARTS) is 1. The van der Waals surface area contributed by atoms with E-state index in [0.717, 1.165) is 17.7 Å². The summed E-state index contributed by atoms with van der Waals surface area (Å²) in [6.45, 7) is 3.42. The van der Waals surface area contributed by atoms with Gasteiger partial charge >= 0.3 is 5.97 Å². The maximum Gasteiger partial charge on any atom is 0.328 e. The fraction of sp³-hybridized carbons (Fsp3) is 0.786. The van der Waals surface area contributed by atoms with E-state index in [1.165, 1.54) is 18.7 Å². The Morgan fingerprint density at radius 1 is 1.25 bits per heavy atom. The van der Waals surface area contributed by atoms with Gasteiger partial charge in [0.2, 0.25) is 5.91 Å². The highest BCUT2D eigenvalue weighted by Crippen LogP contribution is 2.49. The number of aliphatic carboxylic acids is 1. The number of amides is 2. The molecule has 0 aromatic heterocycles. The van der Waals surface area contributed by atoms with E-state index in [4.69, 9.17) is 0 Å². The van der Waals surface area contributed by atoms with Crippen molar-refractivity contribution in [3.05, 3.63) is 0 Å². The van der Waals surface area contributed by atoms with Crippen LogP contribution < -0.4 is 0 Å². The van der Waals surface area contributed by atoms with E-state index in [-0.39, 0.29) is 0 Å². The van der Waals surface area contributed by atoms with E-state index in [9.17, 15) is 33.0 Å². The minimum Gasteiger partial charge on any atom is -0.480 e. The molecule has 10 heteroatoms. The molecule has 0 saturated carbocycles. The number of aliphatic hydroxyl groups is 1. The quantitative estimate of drug-likeness (QED) is 0.580. The average Bonchev–Trinajstić information content (AvgIpc) is 3.04. The first-order chi connectivity index (χ1) is 11.0. The Balaban J connectivity index is 1.93. The van der Waals surface area contributed by atoms with Gasteiger partial charge in [-0.15, -0.1) is 0 Å². The molecule has 134 valence electrons. The zero-order chi connectivity index (χ0) is 18.0. The Labute approximate surface area is 139 Å². The molecule has 2 N–H and O–H groups in total. The molecular formula is C14H20N2O7S. The van der Waals surface area contributed by atoms with Gasteiger partial charge < -0.3 is 20.0 Å². The Hall–Kier alpha value is -1.68. The minimum absolute atomic E-state index is 0.460. The van der Waals surface area contributed by atoms with E-state index < -0.39 is 55.8 Å². The summed E-state index contributed by atoms with van der Waals surface area (Å²) in [5.74, 6) is -4.33. The highest BCUT2D eigenvalue weighted by Gasteiger charge is 2.73. The Kier molecular flexibility index (Phi) is 3.69. The van der Waals surface area contributed by atoms with E-state index in [2.05, 4.69) is 0 Å². The fourth-order valence-electron chi connectivity index (χ4n) is 3.91. The number of carboxylic acids is 1. The van der Waals surface area contributed by atoms with Crippen LogP contribution in [-0.2, 0) is 24.2 Å². The maximum absolute atomic E-state index is 12.7. The lowest BCUT2D eigenvalue weighted by atomic mass is 9.87. The van der Waals surface area contributed by atoms with Crippen molar-refractivity contribution in [2.45, 2.75) is 49.0 Å². The summed E-state index contributed by atoms with van der Waals surface area (Å²) in [4.78, 5) is 38.3. The number of hydrogen-bond acceptors (Lipinski definition) is 6. The Morgan fingerprint density at radius 2 is 1.79 bits per heavy atom. The van der Waals surface area contributed by atoms with Crippen LogP contribution in [0.25, 0.3) is 0 Å². The molecule has 0 unspecified atom stereocenters.